The van der Waals surface area contributed by atoms with Crippen molar-refractivity contribution >= 4 is 12.0 Å². The summed E-state index contributed by atoms with van der Waals surface area (Å²) < 4.78 is 5.58. The summed E-state index contributed by atoms with van der Waals surface area (Å²) in [5.41, 5.74) is 3.84. The number of ether oxygens (including phenoxy) is 1. The van der Waals surface area contributed by atoms with Crippen LogP contribution in [0.25, 0.3) is 0 Å². The maximum atomic E-state index is 12.7. The van der Waals surface area contributed by atoms with Crippen LogP contribution < -0.4 is 5.32 Å². The number of hydrogen-bond donors (Lipinski definition) is 3. The summed E-state index contributed by atoms with van der Waals surface area (Å²) >= 11 is 0. The number of carboxylic acid groups (broad SMARTS) is 1. The molecule has 0 aliphatic carbocycles. The Morgan fingerprint density at radius 1 is 1.35 bits per heavy atom. The fraction of sp³-hybridized carbons (Fsp3) is 0.389. The minimum Gasteiger partial charge on any atom is -0.478 e. The van der Waals surface area contributed by atoms with E-state index in [9.17, 15) is 9.59 Å². The zero-order valence-corrected chi connectivity index (χ0v) is 14.8. The largest absolute Gasteiger partial charge is 0.478 e. The number of morpholine rings is 1. The lowest BCUT2D eigenvalue weighted by Crippen LogP contribution is -2.48. The zero-order valence-electron chi connectivity index (χ0n) is 14.8. The van der Waals surface area contributed by atoms with Gasteiger partial charge in [-0.2, -0.15) is 5.10 Å². The Bertz CT molecular complexity index is 781. The van der Waals surface area contributed by atoms with Gasteiger partial charge < -0.3 is 20.1 Å². The van der Waals surface area contributed by atoms with E-state index in [2.05, 4.69) is 15.5 Å². The number of urea groups is 1. The summed E-state index contributed by atoms with van der Waals surface area (Å²) in [6.45, 7) is 5.59. The summed E-state index contributed by atoms with van der Waals surface area (Å²) in [6, 6.07) is 6.09. The number of hydrogen-bond acceptors (Lipinski definition) is 4. The topological polar surface area (TPSA) is 108 Å². The molecule has 1 aliphatic heterocycles. The Labute approximate surface area is 151 Å². The summed E-state index contributed by atoms with van der Waals surface area (Å²) in [4.78, 5) is 25.4. The van der Waals surface area contributed by atoms with Crippen molar-refractivity contribution in [3.8, 4) is 0 Å². The number of nitrogens with zero attached hydrogens (tertiary/aromatic N) is 2. The van der Waals surface area contributed by atoms with Crippen molar-refractivity contribution in [2.24, 2.45) is 0 Å². The molecule has 8 nitrogen and oxygen atoms in total. The summed E-state index contributed by atoms with van der Waals surface area (Å²) in [5.74, 6) is -0.970. The van der Waals surface area contributed by atoms with Gasteiger partial charge in [0, 0.05) is 24.3 Å². The second-order valence-corrected chi connectivity index (χ2v) is 6.29. The number of rotatable bonds is 4. The maximum Gasteiger partial charge on any atom is 0.335 e. The first-order valence-corrected chi connectivity index (χ1v) is 8.43. The number of carbonyl (C=O) groups is 2. The van der Waals surface area contributed by atoms with Crippen LogP contribution in [0.1, 0.15) is 38.9 Å². The minimum absolute atomic E-state index is 0.180. The average molecular weight is 358 g/mol. The number of amides is 2. The van der Waals surface area contributed by atoms with Gasteiger partial charge >= 0.3 is 12.0 Å². The third-order valence-electron chi connectivity index (χ3n) is 4.55. The van der Waals surface area contributed by atoms with Crippen molar-refractivity contribution in [3.05, 3.63) is 52.3 Å². The molecular weight excluding hydrogens is 336 g/mol. The van der Waals surface area contributed by atoms with Crippen LogP contribution in [0.5, 0.6) is 0 Å². The molecule has 3 N–H and O–H groups in total. The van der Waals surface area contributed by atoms with Gasteiger partial charge in [0.15, 0.2) is 0 Å². The highest BCUT2D eigenvalue weighted by Crippen LogP contribution is 2.28. The second kappa shape index (κ2) is 7.57. The Morgan fingerprint density at radius 2 is 2.08 bits per heavy atom. The fourth-order valence-corrected chi connectivity index (χ4v) is 3.18. The first-order chi connectivity index (χ1) is 12.5. The number of nitrogens with one attached hydrogen (secondary N) is 2. The molecule has 1 saturated heterocycles. The van der Waals surface area contributed by atoms with E-state index < -0.39 is 5.97 Å². The molecule has 0 radical (unpaired) electrons. The van der Waals surface area contributed by atoms with E-state index in [-0.39, 0.29) is 17.6 Å². The van der Waals surface area contributed by atoms with Gasteiger partial charge in [0.1, 0.15) is 0 Å². The first-order valence-electron chi connectivity index (χ1n) is 8.43. The highest BCUT2D eigenvalue weighted by atomic mass is 16.5. The Kier molecular flexibility index (Phi) is 5.22. The quantitative estimate of drug-likeness (QED) is 0.775. The molecule has 1 aliphatic rings. The van der Waals surface area contributed by atoms with E-state index in [1.54, 1.807) is 17.0 Å². The molecule has 2 heterocycles. The van der Waals surface area contributed by atoms with E-state index in [0.717, 1.165) is 22.5 Å². The molecule has 1 fully saturated rings. The molecule has 3 rings (SSSR count). The van der Waals surface area contributed by atoms with Crippen LogP contribution in [0.15, 0.2) is 24.3 Å². The number of carbonyl (C=O) groups excluding carboxylic acids is 1. The lowest BCUT2D eigenvalue weighted by atomic mass is 10.0. The van der Waals surface area contributed by atoms with Crippen LogP contribution in [0.4, 0.5) is 4.79 Å². The number of aryl methyl sites for hydroxylation is 2. The molecule has 26 heavy (non-hydrogen) atoms. The Hall–Kier alpha value is -2.87. The van der Waals surface area contributed by atoms with E-state index in [4.69, 9.17) is 9.84 Å². The van der Waals surface area contributed by atoms with Crippen LogP contribution in [-0.4, -0.2) is 52.0 Å². The number of benzene rings is 1. The predicted molar refractivity (Wildman–Crippen MR) is 94.0 cm³/mol. The number of carboxylic acids is 1. The molecule has 2 aromatic rings. The summed E-state index contributed by atoms with van der Waals surface area (Å²) in [5, 5.41) is 19.0. The standard InChI is InChI=1S/C18H22N4O4/c1-11-16(12(2)21-20-11)15-10-26-8-7-22(15)18(25)19-9-13-3-5-14(6-4-13)17(23)24/h3-6,15H,7-10H2,1-2H3,(H,19,25)(H,20,21)(H,23,24). The van der Waals surface area contributed by atoms with Crippen molar-refractivity contribution in [2.75, 3.05) is 19.8 Å². The van der Waals surface area contributed by atoms with Crippen LogP contribution in [0.3, 0.4) is 0 Å². The molecule has 1 aromatic heterocycles. The maximum absolute atomic E-state index is 12.7. The summed E-state index contributed by atoms with van der Waals surface area (Å²) in [6.07, 6.45) is 0. The molecule has 0 bridgehead atoms. The molecule has 0 spiro atoms. The van der Waals surface area contributed by atoms with Gasteiger partial charge in [0.2, 0.25) is 0 Å². The minimum atomic E-state index is -0.970. The molecule has 2 amide bonds. The van der Waals surface area contributed by atoms with Crippen molar-refractivity contribution in [1.82, 2.24) is 20.4 Å². The number of aromatic amines is 1. The zero-order chi connectivity index (χ0) is 18.7. The van der Waals surface area contributed by atoms with Gasteiger partial charge in [0.25, 0.3) is 0 Å². The number of aromatic carboxylic acids is 1. The number of aromatic nitrogens is 2. The molecule has 1 atom stereocenters. The lowest BCUT2D eigenvalue weighted by molar-refractivity contribution is 0.0112. The van der Waals surface area contributed by atoms with Gasteiger partial charge in [-0.25, -0.2) is 9.59 Å². The molecule has 1 aromatic carbocycles. The van der Waals surface area contributed by atoms with E-state index in [1.165, 1.54) is 12.1 Å². The van der Waals surface area contributed by atoms with Crippen molar-refractivity contribution in [3.63, 3.8) is 0 Å². The average Bonchev–Trinajstić information content (AvgIpc) is 2.98. The Balaban J connectivity index is 1.68. The van der Waals surface area contributed by atoms with E-state index in [1.807, 2.05) is 13.8 Å². The van der Waals surface area contributed by atoms with Gasteiger partial charge in [-0.05, 0) is 31.5 Å². The lowest BCUT2D eigenvalue weighted by Gasteiger charge is -2.36. The van der Waals surface area contributed by atoms with Gasteiger partial charge in [-0.15, -0.1) is 0 Å². The van der Waals surface area contributed by atoms with Crippen LogP contribution >= 0.6 is 0 Å². The van der Waals surface area contributed by atoms with Crippen LogP contribution in [0.2, 0.25) is 0 Å². The van der Waals surface area contributed by atoms with Gasteiger partial charge in [-0.3, -0.25) is 5.10 Å². The number of H-pyrrole nitrogens is 1. The SMILES string of the molecule is Cc1n[nH]c(C)c1C1COCCN1C(=O)NCc1ccc(C(=O)O)cc1. The first kappa shape index (κ1) is 17.9. The monoisotopic (exact) mass is 358 g/mol. The van der Waals surface area contributed by atoms with Crippen LogP contribution in [-0.2, 0) is 11.3 Å². The van der Waals surface area contributed by atoms with Crippen molar-refractivity contribution in [2.45, 2.75) is 26.4 Å². The van der Waals surface area contributed by atoms with Crippen LogP contribution in [0, 0.1) is 13.8 Å². The Morgan fingerprint density at radius 3 is 2.69 bits per heavy atom. The summed E-state index contributed by atoms with van der Waals surface area (Å²) in [7, 11) is 0. The molecule has 138 valence electrons. The third kappa shape index (κ3) is 3.70. The van der Waals surface area contributed by atoms with E-state index >= 15 is 0 Å². The fourth-order valence-electron chi connectivity index (χ4n) is 3.18. The molecule has 1 unspecified atom stereocenters. The highest BCUT2D eigenvalue weighted by Gasteiger charge is 2.31. The normalized spacial score (nSPS) is 17.2. The van der Waals surface area contributed by atoms with E-state index in [0.29, 0.717) is 26.3 Å². The second-order valence-electron chi connectivity index (χ2n) is 6.29. The van der Waals surface area contributed by atoms with Gasteiger partial charge in [0.05, 0.1) is 30.5 Å². The van der Waals surface area contributed by atoms with Gasteiger partial charge in [-0.1, -0.05) is 12.1 Å². The molecule has 0 saturated carbocycles. The highest BCUT2D eigenvalue weighted by molar-refractivity contribution is 5.87. The smallest absolute Gasteiger partial charge is 0.335 e. The predicted octanol–water partition coefficient (Wildman–Crippen LogP) is 2.01. The third-order valence-corrected chi connectivity index (χ3v) is 4.55. The molecule has 8 heteroatoms. The van der Waals surface area contributed by atoms with Crippen molar-refractivity contribution in [1.29, 1.82) is 0 Å². The molecular formula is C18H22N4O4. The van der Waals surface area contributed by atoms with Crippen molar-refractivity contribution < 1.29 is 19.4 Å².